The molecule has 3 rings (SSSR count). The van der Waals surface area contributed by atoms with Gasteiger partial charge in [0, 0.05) is 22.9 Å². The minimum absolute atomic E-state index is 0.218. The summed E-state index contributed by atoms with van der Waals surface area (Å²) in [6, 6.07) is 17.9. The van der Waals surface area contributed by atoms with E-state index in [-0.39, 0.29) is 12.5 Å². The molecule has 0 saturated carbocycles. The fraction of sp³-hybridized carbons (Fsp3) is 0.318. The molecule has 0 fully saturated rings. The summed E-state index contributed by atoms with van der Waals surface area (Å²) in [4.78, 5) is 14.1. The molecule has 3 aromatic rings. The monoisotopic (exact) mass is 383 g/mol. The Kier molecular flexibility index (Phi) is 5.53. The van der Waals surface area contributed by atoms with Crippen molar-refractivity contribution in [1.29, 1.82) is 0 Å². The predicted molar refractivity (Wildman–Crippen MR) is 110 cm³/mol. The van der Waals surface area contributed by atoms with E-state index in [9.17, 15) is 15.0 Å². The molecule has 0 aliphatic heterocycles. The number of thiophene rings is 1. The molecule has 1 heterocycles. The van der Waals surface area contributed by atoms with E-state index in [2.05, 4.69) is 6.07 Å². The number of aliphatic hydroxyl groups excluding tert-OH is 1. The highest BCUT2D eigenvalue weighted by molar-refractivity contribution is 7.10. The first-order valence-electron chi connectivity index (χ1n) is 8.98. The molecule has 2 N–H and O–H groups in total. The summed E-state index contributed by atoms with van der Waals surface area (Å²) in [5.74, 6) is -0.358. The van der Waals surface area contributed by atoms with E-state index >= 15 is 0 Å². The van der Waals surface area contributed by atoms with Crippen LogP contribution in [0.25, 0.3) is 10.8 Å². The first-order chi connectivity index (χ1) is 12.8. The van der Waals surface area contributed by atoms with Gasteiger partial charge in [-0.1, -0.05) is 48.5 Å². The maximum absolute atomic E-state index is 11.9. The lowest BCUT2D eigenvalue weighted by Crippen LogP contribution is -2.47. The molecule has 0 bridgehead atoms. The molecular formula is C22H25NO3S. The van der Waals surface area contributed by atoms with Crippen LogP contribution >= 0.6 is 11.3 Å². The summed E-state index contributed by atoms with van der Waals surface area (Å²) in [6.07, 6.45) is -1.75. The summed E-state index contributed by atoms with van der Waals surface area (Å²) < 4.78 is 0. The number of nitrogens with zero attached hydrogens (tertiary/aromatic N) is 1. The number of rotatable bonds is 5. The Hall–Kier alpha value is -2.37. The van der Waals surface area contributed by atoms with Gasteiger partial charge in [-0.3, -0.25) is 0 Å². The highest BCUT2D eigenvalue weighted by Crippen LogP contribution is 2.36. The van der Waals surface area contributed by atoms with E-state index in [0.29, 0.717) is 0 Å². The molecule has 0 aliphatic rings. The van der Waals surface area contributed by atoms with Gasteiger partial charge in [-0.05, 0) is 48.6 Å². The number of hydrogen-bond acceptors (Lipinski definition) is 3. The Bertz CT molecular complexity index is 915. The van der Waals surface area contributed by atoms with E-state index in [0.717, 1.165) is 21.2 Å². The van der Waals surface area contributed by atoms with Crippen molar-refractivity contribution in [2.24, 2.45) is 0 Å². The Morgan fingerprint density at radius 2 is 1.78 bits per heavy atom. The van der Waals surface area contributed by atoms with Crippen LogP contribution < -0.4 is 0 Å². The molecule has 142 valence electrons. The molecule has 0 radical (unpaired) electrons. The third-order valence-electron chi connectivity index (χ3n) is 4.84. The van der Waals surface area contributed by atoms with E-state index in [1.165, 1.54) is 16.2 Å². The van der Waals surface area contributed by atoms with Gasteiger partial charge >= 0.3 is 6.09 Å². The van der Waals surface area contributed by atoms with E-state index in [1.54, 1.807) is 0 Å². The molecule has 0 spiro atoms. The highest BCUT2D eigenvalue weighted by Gasteiger charge is 2.33. The summed E-state index contributed by atoms with van der Waals surface area (Å²) in [5.41, 5.74) is 0.376. The Morgan fingerprint density at radius 1 is 1.07 bits per heavy atom. The molecule has 1 aromatic heterocycles. The maximum atomic E-state index is 11.9. The van der Waals surface area contributed by atoms with Crippen molar-refractivity contribution in [2.45, 2.75) is 38.3 Å². The van der Waals surface area contributed by atoms with E-state index in [1.807, 2.05) is 74.7 Å². The molecule has 4 nitrogen and oxygen atoms in total. The fourth-order valence-electron chi connectivity index (χ4n) is 3.32. The van der Waals surface area contributed by atoms with Gasteiger partial charge in [0.05, 0.1) is 6.10 Å². The van der Waals surface area contributed by atoms with Crippen LogP contribution in [0.2, 0.25) is 0 Å². The van der Waals surface area contributed by atoms with Gasteiger partial charge in [0.15, 0.2) is 0 Å². The molecule has 0 aliphatic carbocycles. The van der Waals surface area contributed by atoms with Crippen molar-refractivity contribution in [3.63, 3.8) is 0 Å². The van der Waals surface area contributed by atoms with Crippen LogP contribution in [-0.4, -0.2) is 33.3 Å². The second kappa shape index (κ2) is 7.71. The summed E-state index contributed by atoms with van der Waals surface area (Å²) in [7, 11) is 0. The number of amides is 1. The van der Waals surface area contributed by atoms with Crippen molar-refractivity contribution in [3.8, 4) is 0 Å². The topological polar surface area (TPSA) is 60.8 Å². The quantitative estimate of drug-likeness (QED) is 0.612. The minimum Gasteiger partial charge on any atom is -0.465 e. The third-order valence-corrected chi connectivity index (χ3v) is 5.78. The third kappa shape index (κ3) is 4.31. The zero-order valence-electron chi connectivity index (χ0n) is 15.8. The van der Waals surface area contributed by atoms with Gasteiger partial charge in [0.2, 0.25) is 0 Å². The van der Waals surface area contributed by atoms with Crippen molar-refractivity contribution in [2.75, 3.05) is 6.54 Å². The molecule has 0 saturated heterocycles. The lowest BCUT2D eigenvalue weighted by atomic mass is 9.89. The van der Waals surface area contributed by atoms with Crippen LogP contribution in [0, 0.1) is 0 Å². The predicted octanol–water partition coefficient (Wildman–Crippen LogP) is 5.50. The number of fused-ring (bicyclic) bond motifs is 1. The van der Waals surface area contributed by atoms with Gasteiger partial charge in [-0.2, -0.15) is 0 Å². The van der Waals surface area contributed by atoms with Gasteiger partial charge in [-0.15, -0.1) is 11.3 Å². The van der Waals surface area contributed by atoms with E-state index in [4.69, 9.17) is 0 Å². The second-order valence-electron chi connectivity index (χ2n) is 7.74. The van der Waals surface area contributed by atoms with Gasteiger partial charge in [-0.25, -0.2) is 4.79 Å². The van der Waals surface area contributed by atoms with Crippen molar-refractivity contribution >= 4 is 28.2 Å². The average Bonchev–Trinajstić information content (AvgIpc) is 3.15. The summed E-state index contributed by atoms with van der Waals surface area (Å²) in [5, 5.41) is 24.9. The van der Waals surface area contributed by atoms with Crippen molar-refractivity contribution in [1.82, 2.24) is 4.90 Å². The van der Waals surface area contributed by atoms with Crippen LogP contribution in [0.1, 0.15) is 43.2 Å². The van der Waals surface area contributed by atoms with Gasteiger partial charge < -0.3 is 15.1 Å². The number of carbonyl (C=O) groups is 1. The Balaban J connectivity index is 2.04. The second-order valence-corrected chi connectivity index (χ2v) is 8.72. The molecular weight excluding hydrogens is 358 g/mol. The van der Waals surface area contributed by atoms with Crippen LogP contribution in [0.4, 0.5) is 4.79 Å². The largest absolute Gasteiger partial charge is 0.465 e. The maximum Gasteiger partial charge on any atom is 0.407 e. The van der Waals surface area contributed by atoms with Crippen LogP contribution in [0.3, 0.4) is 0 Å². The standard InChI is InChI=1S/C22H25NO3S/c1-22(2,3)23(21(25)26)14-18(20(24)19-9-6-12-27-19)17-11-10-15-7-4-5-8-16(15)13-17/h4-13,18,20,24H,14H2,1-3H3,(H,25,26). The van der Waals surface area contributed by atoms with Crippen molar-refractivity contribution in [3.05, 3.63) is 70.4 Å². The summed E-state index contributed by atoms with van der Waals surface area (Å²) >= 11 is 1.48. The molecule has 5 heteroatoms. The lowest BCUT2D eigenvalue weighted by molar-refractivity contribution is 0.0707. The van der Waals surface area contributed by atoms with Gasteiger partial charge in [0.25, 0.3) is 0 Å². The molecule has 2 aromatic carbocycles. The van der Waals surface area contributed by atoms with Gasteiger partial charge in [0.1, 0.15) is 0 Å². The normalized spacial score (nSPS) is 14.1. The number of carboxylic acid groups (broad SMARTS) is 1. The Morgan fingerprint density at radius 3 is 2.37 bits per heavy atom. The highest BCUT2D eigenvalue weighted by atomic mass is 32.1. The molecule has 2 unspecified atom stereocenters. The smallest absolute Gasteiger partial charge is 0.407 e. The Labute approximate surface area is 163 Å². The number of hydrogen-bond donors (Lipinski definition) is 2. The first kappa shape index (κ1) is 19.4. The van der Waals surface area contributed by atoms with Crippen LogP contribution in [-0.2, 0) is 0 Å². The summed E-state index contributed by atoms with van der Waals surface area (Å²) in [6.45, 7) is 5.83. The molecule has 27 heavy (non-hydrogen) atoms. The molecule has 2 atom stereocenters. The van der Waals surface area contributed by atoms with Crippen LogP contribution in [0.15, 0.2) is 60.0 Å². The zero-order valence-corrected chi connectivity index (χ0v) is 16.6. The minimum atomic E-state index is -0.980. The zero-order chi connectivity index (χ0) is 19.6. The fourth-order valence-corrected chi connectivity index (χ4v) is 4.09. The average molecular weight is 384 g/mol. The first-order valence-corrected chi connectivity index (χ1v) is 9.86. The molecule has 1 amide bonds. The SMILES string of the molecule is CC(C)(C)N(CC(c1ccc2ccccc2c1)C(O)c1cccs1)C(=O)O. The van der Waals surface area contributed by atoms with E-state index < -0.39 is 17.7 Å². The van der Waals surface area contributed by atoms with Crippen molar-refractivity contribution < 1.29 is 15.0 Å². The number of aliphatic hydroxyl groups is 1. The lowest BCUT2D eigenvalue weighted by Gasteiger charge is -2.37. The number of benzene rings is 2. The van der Waals surface area contributed by atoms with Crippen LogP contribution in [0.5, 0.6) is 0 Å².